The van der Waals surface area contributed by atoms with Crippen LogP contribution in [0.4, 0.5) is 10.5 Å². The van der Waals surface area contributed by atoms with Gasteiger partial charge in [0.1, 0.15) is 0 Å². The summed E-state index contributed by atoms with van der Waals surface area (Å²) in [7, 11) is 0. The molecule has 1 aliphatic rings. The van der Waals surface area contributed by atoms with Crippen molar-refractivity contribution in [2.45, 2.75) is 58.5 Å². The quantitative estimate of drug-likeness (QED) is 0.888. The Bertz CT molecular complexity index is 474. The minimum atomic E-state index is -0.0970. The first-order chi connectivity index (χ1) is 10.5. The van der Waals surface area contributed by atoms with Crippen LogP contribution in [0.1, 0.15) is 52.0 Å². The molecule has 1 saturated heterocycles. The Balaban J connectivity index is 1.78. The van der Waals surface area contributed by atoms with Crippen LogP contribution in [0, 0.1) is 0 Å². The number of amides is 2. The Morgan fingerprint density at radius 3 is 2.18 bits per heavy atom. The summed E-state index contributed by atoms with van der Waals surface area (Å²) in [5, 5.41) is 6.01. The molecular weight excluding hydrogens is 274 g/mol. The zero-order valence-electron chi connectivity index (χ0n) is 14.2. The van der Waals surface area contributed by atoms with E-state index in [9.17, 15) is 4.79 Å². The van der Waals surface area contributed by atoms with Gasteiger partial charge < -0.3 is 15.5 Å². The fraction of sp³-hybridized carbons (Fsp3) is 0.611. The molecule has 0 unspecified atom stereocenters. The highest BCUT2D eigenvalue weighted by Crippen LogP contribution is 2.17. The standard InChI is InChI=1S/C18H29N3O/c1-13(2)15-5-7-16(8-6-15)19-18(22)20-17-9-11-21(12-10-17)14(3)4/h5-8,13-14,17H,9-12H2,1-4H3,(H2,19,20,22). The third-order valence-electron chi connectivity index (χ3n) is 4.43. The van der Waals surface area contributed by atoms with Crippen LogP contribution in [0.15, 0.2) is 24.3 Å². The van der Waals surface area contributed by atoms with E-state index in [2.05, 4.69) is 55.4 Å². The Morgan fingerprint density at radius 1 is 1.09 bits per heavy atom. The first kappa shape index (κ1) is 16.8. The number of piperidine rings is 1. The van der Waals surface area contributed by atoms with Gasteiger partial charge in [0.2, 0.25) is 0 Å². The SMILES string of the molecule is CC(C)c1ccc(NC(=O)NC2CCN(C(C)C)CC2)cc1. The summed E-state index contributed by atoms with van der Waals surface area (Å²) in [5.74, 6) is 0.508. The van der Waals surface area contributed by atoms with Crippen LogP contribution >= 0.6 is 0 Å². The molecule has 1 fully saturated rings. The Morgan fingerprint density at radius 2 is 1.68 bits per heavy atom. The van der Waals surface area contributed by atoms with Crippen LogP contribution in [0.3, 0.4) is 0 Å². The van der Waals surface area contributed by atoms with E-state index in [-0.39, 0.29) is 12.1 Å². The summed E-state index contributed by atoms with van der Waals surface area (Å²) in [6.07, 6.45) is 2.05. The number of nitrogens with zero attached hydrogens (tertiary/aromatic N) is 1. The maximum absolute atomic E-state index is 12.1. The zero-order chi connectivity index (χ0) is 16.1. The maximum Gasteiger partial charge on any atom is 0.319 e. The van der Waals surface area contributed by atoms with Gasteiger partial charge in [-0.2, -0.15) is 0 Å². The summed E-state index contributed by atoms with van der Waals surface area (Å²) in [5.41, 5.74) is 2.13. The van der Waals surface area contributed by atoms with E-state index in [0.717, 1.165) is 31.6 Å². The molecule has 2 N–H and O–H groups in total. The molecular formula is C18H29N3O. The lowest BCUT2D eigenvalue weighted by molar-refractivity contribution is 0.163. The van der Waals surface area contributed by atoms with Crippen molar-refractivity contribution in [3.8, 4) is 0 Å². The van der Waals surface area contributed by atoms with E-state index in [1.807, 2.05) is 12.1 Å². The van der Waals surface area contributed by atoms with E-state index in [1.165, 1.54) is 5.56 Å². The van der Waals surface area contributed by atoms with Crippen molar-refractivity contribution in [2.24, 2.45) is 0 Å². The van der Waals surface area contributed by atoms with Crippen molar-refractivity contribution in [2.75, 3.05) is 18.4 Å². The molecule has 0 bridgehead atoms. The lowest BCUT2D eigenvalue weighted by Crippen LogP contribution is -2.47. The second kappa shape index (κ2) is 7.63. The molecule has 0 aromatic heterocycles. The number of carbonyl (C=O) groups is 1. The number of hydrogen-bond acceptors (Lipinski definition) is 2. The normalized spacial score (nSPS) is 17.0. The van der Waals surface area contributed by atoms with Gasteiger partial charge in [0.05, 0.1) is 0 Å². The average molecular weight is 303 g/mol. The van der Waals surface area contributed by atoms with Gasteiger partial charge in [0.25, 0.3) is 0 Å². The van der Waals surface area contributed by atoms with E-state index in [1.54, 1.807) is 0 Å². The van der Waals surface area contributed by atoms with Crippen LogP contribution in [0.5, 0.6) is 0 Å². The van der Waals surface area contributed by atoms with Crippen molar-refractivity contribution in [1.82, 2.24) is 10.2 Å². The van der Waals surface area contributed by atoms with Crippen LogP contribution < -0.4 is 10.6 Å². The summed E-state index contributed by atoms with van der Waals surface area (Å²) in [4.78, 5) is 14.5. The highest BCUT2D eigenvalue weighted by Gasteiger charge is 2.21. The molecule has 0 radical (unpaired) electrons. The summed E-state index contributed by atoms with van der Waals surface area (Å²) < 4.78 is 0. The minimum absolute atomic E-state index is 0.0970. The number of nitrogens with one attached hydrogen (secondary N) is 2. The van der Waals surface area contributed by atoms with Gasteiger partial charge in [0, 0.05) is 30.9 Å². The molecule has 1 aromatic carbocycles. The monoisotopic (exact) mass is 303 g/mol. The molecule has 0 saturated carbocycles. The van der Waals surface area contributed by atoms with Gasteiger partial charge in [-0.05, 0) is 50.3 Å². The fourth-order valence-corrected chi connectivity index (χ4v) is 2.86. The van der Waals surface area contributed by atoms with Crippen LogP contribution in [-0.2, 0) is 0 Å². The molecule has 4 nitrogen and oxygen atoms in total. The number of urea groups is 1. The van der Waals surface area contributed by atoms with E-state index in [4.69, 9.17) is 0 Å². The van der Waals surface area contributed by atoms with Crippen molar-refractivity contribution in [1.29, 1.82) is 0 Å². The molecule has 2 rings (SSSR count). The summed E-state index contributed by atoms with van der Waals surface area (Å²) in [6.45, 7) is 10.9. The second-order valence-electron chi connectivity index (χ2n) is 6.78. The highest BCUT2D eigenvalue weighted by atomic mass is 16.2. The first-order valence-electron chi connectivity index (χ1n) is 8.37. The maximum atomic E-state index is 12.1. The summed E-state index contributed by atoms with van der Waals surface area (Å²) in [6, 6.07) is 8.86. The van der Waals surface area contributed by atoms with Gasteiger partial charge in [-0.3, -0.25) is 0 Å². The first-order valence-corrected chi connectivity index (χ1v) is 8.37. The minimum Gasteiger partial charge on any atom is -0.335 e. The molecule has 22 heavy (non-hydrogen) atoms. The van der Waals surface area contributed by atoms with Crippen LogP contribution in [-0.4, -0.2) is 36.1 Å². The van der Waals surface area contributed by atoms with Crippen molar-refractivity contribution in [3.63, 3.8) is 0 Å². The van der Waals surface area contributed by atoms with Gasteiger partial charge in [-0.25, -0.2) is 4.79 Å². The van der Waals surface area contributed by atoms with Crippen LogP contribution in [0.25, 0.3) is 0 Å². The topological polar surface area (TPSA) is 44.4 Å². The van der Waals surface area contributed by atoms with Crippen molar-refractivity contribution < 1.29 is 4.79 Å². The molecule has 0 aliphatic carbocycles. The average Bonchev–Trinajstić information content (AvgIpc) is 2.48. The van der Waals surface area contributed by atoms with Gasteiger partial charge in [-0.15, -0.1) is 0 Å². The molecule has 1 heterocycles. The Kier molecular flexibility index (Phi) is 5.83. The lowest BCUT2D eigenvalue weighted by atomic mass is 10.0. The smallest absolute Gasteiger partial charge is 0.319 e. The molecule has 0 spiro atoms. The highest BCUT2D eigenvalue weighted by molar-refractivity contribution is 5.89. The van der Waals surface area contributed by atoms with Crippen molar-refractivity contribution >= 4 is 11.7 Å². The molecule has 122 valence electrons. The Hall–Kier alpha value is -1.55. The predicted octanol–water partition coefficient (Wildman–Crippen LogP) is 3.80. The molecule has 4 heteroatoms. The van der Waals surface area contributed by atoms with Gasteiger partial charge in [-0.1, -0.05) is 26.0 Å². The van der Waals surface area contributed by atoms with E-state index < -0.39 is 0 Å². The number of benzene rings is 1. The fourth-order valence-electron chi connectivity index (χ4n) is 2.86. The number of hydrogen-bond donors (Lipinski definition) is 2. The third kappa shape index (κ3) is 4.73. The predicted molar refractivity (Wildman–Crippen MR) is 92.4 cm³/mol. The lowest BCUT2D eigenvalue weighted by Gasteiger charge is -2.34. The second-order valence-corrected chi connectivity index (χ2v) is 6.78. The molecule has 0 atom stereocenters. The number of rotatable bonds is 4. The van der Waals surface area contributed by atoms with Crippen LogP contribution in [0.2, 0.25) is 0 Å². The number of likely N-dealkylation sites (tertiary alicyclic amines) is 1. The third-order valence-corrected chi connectivity index (χ3v) is 4.43. The zero-order valence-corrected chi connectivity index (χ0v) is 14.2. The molecule has 2 amide bonds. The van der Waals surface area contributed by atoms with Gasteiger partial charge >= 0.3 is 6.03 Å². The van der Waals surface area contributed by atoms with E-state index in [0.29, 0.717) is 12.0 Å². The molecule has 1 aromatic rings. The Labute approximate surface area is 134 Å². The van der Waals surface area contributed by atoms with Crippen molar-refractivity contribution in [3.05, 3.63) is 29.8 Å². The summed E-state index contributed by atoms with van der Waals surface area (Å²) >= 11 is 0. The number of carbonyl (C=O) groups excluding carboxylic acids is 1. The van der Waals surface area contributed by atoms with Gasteiger partial charge in [0.15, 0.2) is 0 Å². The number of anilines is 1. The largest absolute Gasteiger partial charge is 0.335 e. The molecule has 1 aliphatic heterocycles. The van der Waals surface area contributed by atoms with E-state index >= 15 is 0 Å².